The van der Waals surface area contributed by atoms with E-state index in [4.69, 9.17) is 0 Å². The highest BCUT2D eigenvalue weighted by Gasteiger charge is 2.33. The van der Waals surface area contributed by atoms with Crippen LogP contribution in [0.5, 0.6) is 0 Å². The van der Waals surface area contributed by atoms with E-state index in [1.54, 1.807) is 6.92 Å². The van der Waals surface area contributed by atoms with Gasteiger partial charge in [-0.3, -0.25) is 0 Å². The van der Waals surface area contributed by atoms with Crippen LogP contribution in [0.4, 0.5) is 13.2 Å². The van der Waals surface area contributed by atoms with E-state index in [1.807, 2.05) is 0 Å². The van der Waals surface area contributed by atoms with E-state index in [-0.39, 0.29) is 11.3 Å². The minimum Gasteiger partial charge on any atom is -0.465 e. The first-order chi connectivity index (χ1) is 7.90. The fraction of sp³-hybridized carbons (Fsp3) is 0.273. The molecule has 0 fully saturated rings. The number of ether oxygens (including phenoxy) is 1. The summed E-state index contributed by atoms with van der Waals surface area (Å²) in [6.45, 7) is 1.61. The molecule has 3 nitrogen and oxygen atoms in total. The van der Waals surface area contributed by atoms with Gasteiger partial charge in [0, 0.05) is 0 Å². The summed E-state index contributed by atoms with van der Waals surface area (Å²) in [5.74, 6) is -0.723. The molecule has 0 saturated carbocycles. The lowest BCUT2D eigenvalue weighted by Crippen LogP contribution is -2.12. The summed E-state index contributed by atoms with van der Waals surface area (Å²) in [5, 5.41) is 0. The molecule has 1 heterocycles. The fourth-order valence-electron chi connectivity index (χ4n) is 1.20. The highest BCUT2D eigenvalue weighted by molar-refractivity contribution is 5.92. The Kier molecular flexibility index (Phi) is 3.88. The van der Waals surface area contributed by atoms with Crippen molar-refractivity contribution in [3.8, 4) is 0 Å². The van der Waals surface area contributed by atoms with Crippen LogP contribution in [0, 0.1) is 0 Å². The Morgan fingerprint density at radius 3 is 2.53 bits per heavy atom. The van der Waals surface area contributed by atoms with Crippen molar-refractivity contribution in [2.75, 3.05) is 7.11 Å². The number of allylic oxidation sites excluding steroid dienone is 1. The summed E-state index contributed by atoms with van der Waals surface area (Å²) >= 11 is 0. The van der Waals surface area contributed by atoms with Gasteiger partial charge < -0.3 is 4.74 Å². The Morgan fingerprint density at radius 1 is 1.41 bits per heavy atom. The second-order valence-corrected chi connectivity index (χ2v) is 3.12. The van der Waals surface area contributed by atoms with Crippen LogP contribution >= 0.6 is 0 Å². The summed E-state index contributed by atoms with van der Waals surface area (Å²) in [4.78, 5) is 14.7. The molecule has 17 heavy (non-hydrogen) atoms. The molecular weight excluding hydrogens is 235 g/mol. The maximum atomic E-state index is 12.4. The van der Waals surface area contributed by atoms with E-state index >= 15 is 0 Å². The lowest BCUT2D eigenvalue weighted by Gasteiger charge is -2.09. The van der Waals surface area contributed by atoms with Crippen LogP contribution in [0.1, 0.15) is 28.7 Å². The third kappa shape index (κ3) is 3.05. The highest BCUT2D eigenvalue weighted by Crippen LogP contribution is 2.28. The zero-order chi connectivity index (χ0) is 13.1. The van der Waals surface area contributed by atoms with Crippen molar-refractivity contribution in [2.45, 2.75) is 13.1 Å². The molecule has 0 aromatic carbocycles. The molecule has 0 aliphatic heterocycles. The molecule has 0 N–H and O–H groups in total. The lowest BCUT2D eigenvalue weighted by molar-refractivity contribution is -0.141. The second kappa shape index (κ2) is 4.99. The van der Waals surface area contributed by atoms with Crippen molar-refractivity contribution in [3.05, 3.63) is 35.2 Å². The van der Waals surface area contributed by atoms with Crippen LogP contribution in [0.2, 0.25) is 0 Å². The van der Waals surface area contributed by atoms with Crippen molar-refractivity contribution < 1.29 is 22.7 Å². The first-order valence-electron chi connectivity index (χ1n) is 4.69. The summed E-state index contributed by atoms with van der Waals surface area (Å²) in [6, 6.07) is 1.80. The molecule has 0 aliphatic carbocycles. The zero-order valence-corrected chi connectivity index (χ0v) is 9.21. The molecule has 1 aromatic rings. The maximum Gasteiger partial charge on any atom is 0.433 e. The molecule has 0 radical (unpaired) electrons. The number of carbonyl (C=O) groups excluding carboxylic acids is 1. The summed E-state index contributed by atoms with van der Waals surface area (Å²) in [6.07, 6.45) is -1.72. The number of aromatic nitrogens is 1. The van der Waals surface area contributed by atoms with Crippen molar-refractivity contribution in [2.24, 2.45) is 0 Å². The number of pyridine rings is 1. The van der Waals surface area contributed by atoms with Crippen LogP contribution in [0.15, 0.2) is 18.2 Å². The molecule has 0 amide bonds. The molecule has 0 atom stereocenters. The molecule has 0 unspecified atom stereocenters. The monoisotopic (exact) mass is 245 g/mol. The molecule has 0 aliphatic rings. The highest BCUT2D eigenvalue weighted by atomic mass is 19.4. The normalized spacial score (nSPS) is 11.8. The first-order valence-corrected chi connectivity index (χ1v) is 4.69. The van der Waals surface area contributed by atoms with Gasteiger partial charge in [0.2, 0.25) is 0 Å². The molecule has 92 valence electrons. The standard InChI is InChI=1S/C11H10F3NO2/c1-3-4-8-7(10(16)17-2)5-6-9(15-8)11(12,13)14/h3-6H,1-2H3/b4-3+. The topological polar surface area (TPSA) is 39.2 Å². The number of esters is 1. The minimum atomic E-state index is -4.54. The number of halogens is 3. The van der Waals surface area contributed by atoms with Gasteiger partial charge in [-0.15, -0.1) is 0 Å². The number of hydrogen-bond acceptors (Lipinski definition) is 3. The van der Waals surface area contributed by atoms with E-state index in [0.717, 1.165) is 19.2 Å². The molecular formula is C11H10F3NO2. The smallest absolute Gasteiger partial charge is 0.433 e. The number of hydrogen-bond donors (Lipinski definition) is 0. The van der Waals surface area contributed by atoms with Gasteiger partial charge >= 0.3 is 12.1 Å². The number of alkyl halides is 3. The molecule has 1 aromatic heterocycles. The van der Waals surface area contributed by atoms with E-state index < -0.39 is 17.8 Å². The number of rotatable bonds is 2. The van der Waals surface area contributed by atoms with Gasteiger partial charge in [0.25, 0.3) is 0 Å². The summed E-state index contributed by atoms with van der Waals surface area (Å²) in [5.41, 5.74) is -1.11. The molecule has 1 rings (SSSR count). The van der Waals surface area contributed by atoms with Gasteiger partial charge in [-0.25, -0.2) is 9.78 Å². The van der Waals surface area contributed by atoms with Crippen LogP contribution in [-0.2, 0) is 10.9 Å². The third-order valence-electron chi connectivity index (χ3n) is 1.95. The number of carbonyl (C=O) groups is 1. The van der Waals surface area contributed by atoms with Gasteiger partial charge in [0.15, 0.2) is 0 Å². The Labute approximate surface area is 95.9 Å². The average Bonchev–Trinajstić information content (AvgIpc) is 2.27. The third-order valence-corrected chi connectivity index (χ3v) is 1.95. The van der Waals surface area contributed by atoms with Crippen molar-refractivity contribution >= 4 is 12.0 Å². The maximum absolute atomic E-state index is 12.4. The van der Waals surface area contributed by atoms with Crippen LogP contribution in [-0.4, -0.2) is 18.1 Å². The average molecular weight is 245 g/mol. The quantitative estimate of drug-likeness (QED) is 0.752. The van der Waals surface area contributed by atoms with Gasteiger partial charge in [-0.1, -0.05) is 6.08 Å². The van der Waals surface area contributed by atoms with E-state index in [9.17, 15) is 18.0 Å². The zero-order valence-electron chi connectivity index (χ0n) is 9.21. The van der Waals surface area contributed by atoms with Crippen LogP contribution in [0.3, 0.4) is 0 Å². The van der Waals surface area contributed by atoms with Gasteiger partial charge in [0.1, 0.15) is 5.69 Å². The van der Waals surface area contributed by atoms with Crippen LogP contribution in [0.25, 0.3) is 6.08 Å². The van der Waals surface area contributed by atoms with Gasteiger partial charge in [-0.2, -0.15) is 13.2 Å². The predicted octanol–water partition coefficient (Wildman–Crippen LogP) is 2.92. The molecule has 6 heteroatoms. The van der Waals surface area contributed by atoms with Crippen molar-refractivity contribution in [3.63, 3.8) is 0 Å². The Hall–Kier alpha value is -1.85. The lowest BCUT2D eigenvalue weighted by atomic mass is 10.1. The summed E-state index contributed by atoms with van der Waals surface area (Å²) in [7, 11) is 1.15. The Balaban J connectivity index is 3.32. The molecule has 0 spiro atoms. The number of methoxy groups -OCH3 is 1. The van der Waals surface area contributed by atoms with Gasteiger partial charge in [-0.05, 0) is 25.1 Å². The predicted molar refractivity (Wildman–Crippen MR) is 55.3 cm³/mol. The largest absolute Gasteiger partial charge is 0.465 e. The number of nitrogens with zero attached hydrogens (tertiary/aromatic N) is 1. The van der Waals surface area contributed by atoms with Crippen molar-refractivity contribution in [1.29, 1.82) is 0 Å². The minimum absolute atomic E-state index is 0.00130. The van der Waals surface area contributed by atoms with E-state index in [1.165, 1.54) is 12.2 Å². The molecule has 0 saturated heterocycles. The van der Waals surface area contributed by atoms with E-state index in [0.29, 0.717) is 0 Å². The SMILES string of the molecule is C/C=C/c1nc(C(F)(F)F)ccc1C(=O)OC. The molecule has 0 bridgehead atoms. The van der Waals surface area contributed by atoms with Gasteiger partial charge in [0.05, 0.1) is 18.4 Å². The first kappa shape index (κ1) is 13.2. The van der Waals surface area contributed by atoms with Crippen LogP contribution < -0.4 is 0 Å². The summed E-state index contributed by atoms with van der Waals surface area (Å²) < 4.78 is 41.7. The Bertz CT molecular complexity index is 453. The Morgan fingerprint density at radius 2 is 2.06 bits per heavy atom. The van der Waals surface area contributed by atoms with E-state index in [2.05, 4.69) is 9.72 Å². The fourth-order valence-corrected chi connectivity index (χ4v) is 1.20. The van der Waals surface area contributed by atoms with Crippen molar-refractivity contribution in [1.82, 2.24) is 4.98 Å². The second-order valence-electron chi connectivity index (χ2n) is 3.12.